The number of carbonyl (C=O) groups excluding carboxylic acids is 1. The van der Waals surface area contributed by atoms with E-state index in [0.29, 0.717) is 21.3 Å². The van der Waals surface area contributed by atoms with Crippen molar-refractivity contribution in [3.63, 3.8) is 0 Å². The summed E-state index contributed by atoms with van der Waals surface area (Å²) >= 11 is 13.3. The summed E-state index contributed by atoms with van der Waals surface area (Å²) in [5.74, 6) is -0.152. The average molecular weight is 327 g/mol. The molecule has 0 aromatic heterocycles. The molecule has 20 heavy (non-hydrogen) atoms. The summed E-state index contributed by atoms with van der Waals surface area (Å²) in [6.07, 6.45) is 0. The summed E-state index contributed by atoms with van der Waals surface area (Å²) < 4.78 is 0. The van der Waals surface area contributed by atoms with E-state index in [2.05, 4.69) is 5.32 Å². The lowest BCUT2D eigenvalue weighted by atomic mass is 10.2. The topological polar surface area (TPSA) is 55.1 Å². The summed E-state index contributed by atoms with van der Waals surface area (Å²) in [6, 6.07) is 10.5. The monoisotopic (exact) mass is 326 g/mol. The van der Waals surface area contributed by atoms with Gasteiger partial charge in [0.1, 0.15) is 0 Å². The highest BCUT2D eigenvalue weighted by Crippen LogP contribution is 2.35. The van der Waals surface area contributed by atoms with E-state index >= 15 is 0 Å². The van der Waals surface area contributed by atoms with Gasteiger partial charge in [-0.2, -0.15) is 0 Å². The Labute approximate surface area is 131 Å². The van der Waals surface area contributed by atoms with Crippen molar-refractivity contribution in [3.05, 3.63) is 52.0 Å². The highest BCUT2D eigenvalue weighted by atomic mass is 35.5. The second kappa shape index (κ2) is 6.39. The fourth-order valence-electron chi connectivity index (χ4n) is 1.58. The SMILES string of the molecule is CNC(=O)c1ccc(N)c(Sc2ccc(Cl)c(Cl)c2)c1. The highest BCUT2D eigenvalue weighted by molar-refractivity contribution is 7.99. The van der Waals surface area contributed by atoms with Crippen LogP contribution in [0.1, 0.15) is 10.4 Å². The van der Waals surface area contributed by atoms with Crippen LogP contribution in [0.5, 0.6) is 0 Å². The van der Waals surface area contributed by atoms with Crippen LogP contribution in [0, 0.1) is 0 Å². The zero-order valence-corrected chi connectivity index (χ0v) is 12.9. The van der Waals surface area contributed by atoms with Gasteiger partial charge in [0.15, 0.2) is 0 Å². The van der Waals surface area contributed by atoms with Gasteiger partial charge in [0.25, 0.3) is 5.91 Å². The Bertz CT molecular complexity index is 662. The number of benzene rings is 2. The second-order valence-corrected chi connectivity index (χ2v) is 5.94. The predicted octanol–water partition coefficient (Wildman–Crippen LogP) is 4.09. The van der Waals surface area contributed by atoms with Crippen molar-refractivity contribution in [2.75, 3.05) is 12.8 Å². The van der Waals surface area contributed by atoms with Gasteiger partial charge in [0, 0.05) is 28.1 Å². The Hall–Kier alpha value is -1.36. The molecule has 0 aliphatic rings. The van der Waals surface area contributed by atoms with Gasteiger partial charge in [-0.3, -0.25) is 4.79 Å². The van der Waals surface area contributed by atoms with Crippen LogP contribution in [-0.4, -0.2) is 13.0 Å². The van der Waals surface area contributed by atoms with Gasteiger partial charge in [-0.15, -0.1) is 0 Å². The van der Waals surface area contributed by atoms with Crippen molar-refractivity contribution < 1.29 is 4.79 Å². The van der Waals surface area contributed by atoms with E-state index in [-0.39, 0.29) is 5.91 Å². The van der Waals surface area contributed by atoms with Crippen molar-refractivity contribution in [2.24, 2.45) is 0 Å². The van der Waals surface area contributed by atoms with Gasteiger partial charge in [-0.05, 0) is 36.4 Å². The lowest BCUT2D eigenvalue weighted by molar-refractivity contribution is 0.0963. The van der Waals surface area contributed by atoms with E-state index in [4.69, 9.17) is 28.9 Å². The zero-order chi connectivity index (χ0) is 14.7. The molecule has 0 aliphatic carbocycles. The van der Waals surface area contributed by atoms with Crippen LogP contribution in [0.25, 0.3) is 0 Å². The number of amides is 1. The van der Waals surface area contributed by atoms with Crippen LogP contribution in [0.4, 0.5) is 5.69 Å². The van der Waals surface area contributed by atoms with Crippen LogP contribution in [-0.2, 0) is 0 Å². The first kappa shape index (κ1) is 15.0. The lowest BCUT2D eigenvalue weighted by Gasteiger charge is -2.08. The zero-order valence-electron chi connectivity index (χ0n) is 10.6. The third-order valence-electron chi connectivity index (χ3n) is 2.62. The van der Waals surface area contributed by atoms with Crippen molar-refractivity contribution in [1.82, 2.24) is 5.32 Å². The molecule has 0 unspecified atom stereocenters. The summed E-state index contributed by atoms with van der Waals surface area (Å²) in [6.45, 7) is 0. The maximum absolute atomic E-state index is 11.6. The van der Waals surface area contributed by atoms with Crippen molar-refractivity contribution in [3.8, 4) is 0 Å². The number of nitrogens with one attached hydrogen (secondary N) is 1. The van der Waals surface area contributed by atoms with E-state index in [1.807, 2.05) is 6.07 Å². The summed E-state index contributed by atoms with van der Waals surface area (Å²) in [5, 5.41) is 3.57. The molecule has 0 aliphatic heterocycles. The summed E-state index contributed by atoms with van der Waals surface area (Å²) in [4.78, 5) is 13.3. The molecule has 0 fully saturated rings. The van der Waals surface area contributed by atoms with Crippen LogP contribution in [0.15, 0.2) is 46.2 Å². The van der Waals surface area contributed by atoms with Gasteiger partial charge in [-0.25, -0.2) is 0 Å². The Morgan fingerprint density at radius 1 is 1.15 bits per heavy atom. The number of nitrogens with two attached hydrogens (primary N) is 1. The first-order valence-electron chi connectivity index (χ1n) is 5.76. The molecule has 0 heterocycles. The average Bonchev–Trinajstić information content (AvgIpc) is 2.44. The molecule has 2 rings (SSSR count). The molecule has 3 nitrogen and oxygen atoms in total. The van der Waals surface area contributed by atoms with Gasteiger partial charge < -0.3 is 11.1 Å². The van der Waals surface area contributed by atoms with Gasteiger partial charge in [-0.1, -0.05) is 35.0 Å². The predicted molar refractivity (Wildman–Crippen MR) is 84.8 cm³/mol. The minimum atomic E-state index is -0.152. The number of nitrogen functional groups attached to an aromatic ring is 1. The largest absolute Gasteiger partial charge is 0.398 e. The van der Waals surface area contributed by atoms with Crippen molar-refractivity contribution in [2.45, 2.75) is 9.79 Å². The first-order chi connectivity index (χ1) is 9.51. The van der Waals surface area contributed by atoms with Crippen molar-refractivity contribution in [1.29, 1.82) is 0 Å². The molecule has 6 heteroatoms. The van der Waals surface area contributed by atoms with Crippen LogP contribution in [0.2, 0.25) is 10.0 Å². The standard InChI is InChI=1S/C14H12Cl2N2OS/c1-18-14(19)8-2-5-12(17)13(6-8)20-9-3-4-10(15)11(16)7-9/h2-7H,17H2,1H3,(H,18,19). The van der Waals surface area contributed by atoms with Gasteiger partial charge >= 0.3 is 0 Å². The normalized spacial score (nSPS) is 10.3. The quantitative estimate of drug-likeness (QED) is 0.835. The van der Waals surface area contributed by atoms with Gasteiger partial charge in [0.2, 0.25) is 0 Å². The minimum absolute atomic E-state index is 0.152. The first-order valence-corrected chi connectivity index (χ1v) is 7.33. The highest BCUT2D eigenvalue weighted by Gasteiger charge is 2.09. The smallest absolute Gasteiger partial charge is 0.251 e. The van der Waals surface area contributed by atoms with Crippen LogP contribution < -0.4 is 11.1 Å². The minimum Gasteiger partial charge on any atom is -0.398 e. The molecule has 2 aromatic rings. The fraction of sp³-hybridized carbons (Fsp3) is 0.0714. The number of carbonyl (C=O) groups is 1. The second-order valence-electron chi connectivity index (χ2n) is 4.01. The third-order valence-corrected chi connectivity index (χ3v) is 4.42. The Balaban J connectivity index is 2.32. The maximum Gasteiger partial charge on any atom is 0.251 e. The third kappa shape index (κ3) is 3.39. The molecule has 0 spiro atoms. The molecule has 0 radical (unpaired) electrons. The molecule has 0 saturated carbocycles. The number of hydrogen-bond acceptors (Lipinski definition) is 3. The van der Waals surface area contributed by atoms with E-state index in [9.17, 15) is 4.79 Å². The fourth-order valence-corrected chi connectivity index (χ4v) is 2.88. The maximum atomic E-state index is 11.6. The molecule has 3 N–H and O–H groups in total. The van der Waals surface area contributed by atoms with Crippen molar-refractivity contribution >= 4 is 46.6 Å². The molecule has 0 bridgehead atoms. The van der Waals surface area contributed by atoms with Gasteiger partial charge in [0.05, 0.1) is 10.0 Å². The van der Waals surface area contributed by atoms with E-state index in [1.54, 1.807) is 37.4 Å². The molecular formula is C14H12Cl2N2OS. The Morgan fingerprint density at radius 3 is 2.55 bits per heavy atom. The summed E-state index contributed by atoms with van der Waals surface area (Å²) in [7, 11) is 1.59. The van der Waals surface area contributed by atoms with Crippen LogP contribution in [0.3, 0.4) is 0 Å². The van der Waals surface area contributed by atoms with E-state index in [1.165, 1.54) is 11.8 Å². The molecule has 0 saturated heterocycles. The van der Waals surface area contributed by atoms with E-state index in [0.717, 1.165) is 9.79 Å². The Kier molecular flexibility index (Phi) is 4.81. The number of hydrogen-bond donors (Lipinski definition) is 2. The molecule has 104 valence electrons. The number of rotatable bonds is 3. The molecular weight excluding hydrogens is 315 g/mol. The lowest BCUT2D eigenvalue weighted by Crippen LogP contribution is -2.17. The number of anilines is 1. The van der Waals surface area contributed by atoms with E-state index < -0.39 is 0 Å². The van der Waals surface area contributed by atoms with Crippen LogP contribution >= 0.6 is 35.0 Å². The molecule has 1 amide bonds. The molecule has 2 aromatic carbocycles. The summed E-state index contributed by atoms with van der Waals surface area (Å²) in [5.41, 5.74) is 7.10. The number of halogens is 2. The Morgan fingerprint density at radius 2 is 1.90 bits per heavy atom. The molecule has 0 atom stereocenters.